The second kappa shape index (κ2) is 3.19. The van der Waals surface area contributed by atoms with E-state index in [4.69, 9.17) is 0 Å². The first-order valence-electron chi connectivity index (χ1n) is 4.36. The molecule has 0 aliphatic carbocycles. The minimum absolute atomic E-state index is 0.532. The number of hydrogen-bond donors (Lipinski definition) is 1. The first-order chi connectivity index (χ1) is 5.86. The van der Waals surface area contributed by atoms with Crippen molar-refractivity contribution in [1.82, 2.24) is 15.3 Å². The number of aromatic nitrogens is 2. The van der Waals surface area contributed by atoms with Gasteiger partial charge in [-0.2, -0.15) is 0 Å². The second-order valence-electron chi connectivity index (χ2n) is 3.25. The average Bonchev–Trinajstić information content (AvgIpc) is 2.56. The van der Waals surface area contributed by atoms with E-state index in [1.54, 1.807) is 0 Å². The Morgan fingerprint density at radius 2 is 2.50 bits per heavy atom. The van der Waals surface area contributed by atoms with E-state index in [2.05, 4.69) is 15.3 Å². The van der Waals surface area contributed by atoms with Gasteiger partial charge in [0.25, 0.3) is 0 Å². The van der Waals surface area contributed by atoms with Crippen LogP contribution < -0.4 is 5.32 Å². The van der Waals surface area contributed by atoms with Gasteiger partial charge in [-0.3, -0.25) is 0 Å². The molecule has 1 saturated heterocycles. The number of nitrogens with one attached hydrogen (secondary N) is 1. The lowest BCUT2D eigenvalue weighted by Gasteiger charge is -2.05. The van der Waals surface area contributed by atoms with Gasteiger partial charge < -0.3 is 5.32 Å². The van der Waals surface area contributed by atoms with E-state index in [9.17, 15) is 0 Å². The highest BCUT2D eigenvalue weighted by molar-refractivity contribution is 5.05. The van der Waals surface area contributed by atoms with Crippen LogP contribution in [0.5, 0.6) is 0 Å². The van der Waals surface area contributed by atoms with E-state index in [-0.39, 0.29) is 0 Å². The fraction of sp³-hybridized carbons (Fsp3) is 0.556. The molecule has 0 spiro atoms. The molecule has 1 aromatic rings. The van der Waals surface area contributed by atoms with Crippen LogP contribution in [0.25, 0.3) is 0 Å². The summed E-state index contributed by atoms with van der Waals surface area (Å²) in [7, 11) is 0. The van der Waals surface area contributed by atoms with Crippen molar-refractivity contribution >= 4 is 0 Å². The van der Waals surface area contributed by atoms with Gasteiger partial charge in [0.1, 0.15) is 5.82 Å². The summed E-state index contributed by atoms with van der Waals surface area (Å²) in [4.78, 5) is 8.67. The highest BCUT2D eigenvalue weighted by Gasteiger charge is 2.18. The van der Waals surface area contributed by atoms with E-state index in [1.807, 2.05) is 19.2 Å². The molecule has 0 aromatic carbocycles. The largest absolute Gasteiger partial charge is 0.316 e. The van der Waals surface area contributed by atoms with Crippen LogP contribution in [-0.2, 0) is 0 Å². The molecular weight excluding hydrogens is 150 g/mol. The normalized spacial score (nSPS) is 22.9. The molecule has 3 heteroatoms. The summed E-state index contributed by atoms with van der Waals surface area (Å²) < 4.78 is 0. The van der Waals surface area contributed by atoms with Crippen molar-refractivity contribution in [3.8, 4) is 0 Å². The third-order valence-electron chi connectivity index (χ3n) is 2.24. The van der Waals surface area contributed by atoms with Crippen LogP contribution in [0.15, 0.2) is 12.3 Å². The monoisotopic (exact) mass is 163 g/mol. The van der Waals surface area contributed by atoms with Gasteiger partial charge in [-0.25, -0.2) is 9.97 Å². The Morgan fingerprint density at radius 3 is 3.17 bits per heavy atom. The van der Waals surface area contributed by atoms with Crippen molar-refractivity contribution in [1.29, 1.82) is 0 Å². The third kappa shape index (κ3) is 1.46. The van der Waals surface area contributed by atoms with Crippen LogP contribution >= 0.6 is 0 Å². The Labute approximate surface area is 72.2 Å². The van der Waals surface area contributed by atoms with Gasteiger partial charge in [0, 0.05) is 24.4 Å². The topological polar surface area (TPSA) is 37.8 Å². The minimum atomic E-state index is 0.532. The molecule has 1 aliphatic rings. The van der Waals surface area contributed by atoms with Gasteiger partial charge in [0.15, 0.2) is 0 Å². The highest BCUT2D eigenvalue weighted by atomic mass is 15.0. The summed E-state index contributed by atoms with van der Waals surface area (Å²) in [5.41, 5.74) is 1.06. The Hall–Kier alpha value is -0.960. The number of nitrogens with zero attached hydrogens (tertiary/aromatic N) is 2. The summed E-state index contributed by atoms with van der Waals surface area (Å²) >= 11 is 0. The van der Waals surface area contributed by atoms with Crippen LogP contribution in [0.4, 0.5) is 0 Å². The van der Waals surface area contributed by atoms with Crippen LogP contribution in [0.2, 0.25) is 0 Å². The van der Waals surface area contributed by atoms with Gasteiger partial charge in [-0.1, -0.05) is 0 Å². The molecule has 1 fully saturated rings. The van der Waals surface area contributed by atoms with E-state index >= 15 is 0 Å². The predicted molar refractivity (Wildman–Crippen MR) is 47.0 cm³/mol. The van der Waals surface area contributed by atoms with E-state index in [0.717, 1.165) is 24.6 Å². The van der Waals surface area contributed by atoms with Gasteiger partial charge in [-0.15, -0.1) is 0 Å². The summed E-state index contributed by atoms with van der Waals surface area (Å²) in [6.45, 7) is 4.14. The molecule has 0 bridgehead atoms. The van der Waals surface area contributed by atoms with Gasteiger partial charge in [0.05, 0.1) is 0 Å². The zero-order chi connectivity index (χ0) is 8.39. The zero-order valence-corrected chi connectivity index (χ0v) is 7.25. The summed E-state index contributed by atoms with van der Waals surface area (Å²) in [6.07, 6.45) is 3.01. The molecule has 2 heterocycles. The van der Waals surface area contributed by atoms with Crippen LogP contribution in [-0.4, -0.2) is 23.1 Å². The molecule has 2 rings (SSSR count). The summed E-state index contributed by atoms with van der Waals surface area (Å²) in [5, 5.41) is 3.31. The maximum atomic E-state index is 4.40. The minimum Gasteiger partial charge on any atom is -0.316 e. The first-order valence-corrected chi connectivity index (χ1v) is 4.36. The quantitative estimate of drug-likeness (QED) is 0.667. The van der Waals surface area contributed by atoms with E-state index in [1.165, 1.54) is 6.42 Å². The van der Waals surface area contributed by atoms with Crippen molar-refractivity contribution in [3.63, 3.8) is 0 Å². The van der Waals surface area contributed by atoms with Crippen molar-refractivity contribution in [2.75, 3.05) is 13.1 Å². The fourth-order valence-corrected chi connectivity index (χ4v) is 1.54. The van der Waals surface area contributed by atoms with Crippen LogP contribution in [0, 0.1) is 6.92 Å². The molecule has 3 nitrogen and oxygen atoms in total. The van der Waals surface area contributed by atoms with E-state index < -0.39 is 0 Å². The van der Waals surface area contributed by atoms with Gasteiger partial charge in [-0.05, 0) is 26.0 Å². The number of hydrogen-bond acceptors (Lipinski definition) is 3. The van der Waals surface area contributed by atoms with Crippen LogP contribution in [0.1, 0.15) is 23.9 Å². The molecule has 1 N–H and O–H groups in total. The number of rotatable bonds is 1. The maximum Gasteiger partial charge on any atom is 0.132 e. The van der Waals surface area contributed by atoms with E-state index in [0.29, 0.717) is 5.92 Å². The van der Waals surface area contributed by atoms with Crippen molar-refractivity contribution in [3.05, 3.63) is 23.8 Å². The highest BCUT2D eigenvalue weighted by Crippen LogP contribution is 2.17. The number of aryl methyl sites for hydroxylation is 1. The van der Waals surface area contributed by atoms with Crippen molar-refractivity contribution < 1.29 is 0 Å². The summed E-state index contributed by atoms with van der Waals surface area (Å²) in [6, 6.07) is 1.94. The molecule has 1 aliphatic heterocycles. The third-order valence-corrected chi connectivity index (χ3v) is 2.24. The molecule has 12 heavy (non-hydrogen) atoms. The molecule has 64 valence electrons. The lowest BCUT2D eigenvalue weighted by molar-refractivity contribution is 0.697. The average molecular weight is 163 g/mol. The summed E-state index contributed by atoms with van der Waals surface area (Å²) in [5.74, 6) is 1.53. The standard InChI is InChI=1S/C9H13N3/c1-7-2-5-11-9(12-7)8-3-4-10-6-8/h2,5,8,10H,3-4,6H2,1H3/t8-/m1/s1. The Balaban J connectivity index is 2.21. The van der Waals surface area contributed by atoms with Gasteiger partial charge >= 0.3 is 0 Å². The smallest absolute Gasteiger partial charge is 0.132 e. The fourth-order valence-electron chi connectivity index (χ4n) is 1.54. The van der Waals surface area contributed by atoms with Crippen molar-refractivity contribution in [2.45, 2.75) is 19.3 Å². The van der Waals surface area contributed by atoms with Crippen molar-refractivity contribution in [2.24, 2.45) is 0 Å². The molecular formula is C9H13N3. The Morgan fingerprint density at radius 1 is 1.58 bits per heavy atom. The first kappa shape index (κ1) is 7.68. The lowest BCUT2D eigenvalue weighted by atomic mass is 10.1. The second-order valence-corrected chi connectivity index (χ2v) is 3.25. The Kier molecular flexibility index (Phi) is 2.04. The molecule has 0 saturated carbocycles. The van der Waals surface area contributed by atoms with Gasteiger partial charge in [0.2, 0.25) is 0 Å². The SMILES string of the molecule is Cc1ccnc([C@@H]2CCNC2)n1. The maximum absolute atomic E-state index is 4.40. The lowest BCUT2D eigenvalue weighted by Crippen LogP contribution is -2.10. The predicted octanol–water partition coefficient (Wildman–Crippen LogP) is 0.862. The van der Waals surface area contributed by atoms with Crippen LogP contribution in [0.3, 0.4) is 0 Å². The molecule has 0 amide bonds. The Bertz CT molecular complexity index is 266. The molecule has 1 aromatic heterocycles. The molecule has 0 unspecified atom stereocenters. The molecule has 0 radical (unpaired) electrons. The molecule has 1 atom stereocenters. The zero-order valence-electron chi connectivity index (χ0n) is 7.25.